The van der Waals surface area contributed by atoms with Crippen molar-refractivity contribution in [3.8, 4) is 0 Å². The van der Waals surface area contributed by atoms with E-state index in [-0.39, 0.29) is 0 Å². The predicted molar refractivity (Wildman–Crippen MR) is 219 cm³/mol. The molecule has 0 saturated heterocycles. The molecular weight excluding hydrogens is 754 g/mol. The first-order valence-corrected chi connectivity index (χ1v) is 21.8. The molecule has 0 aliphatic heterocycles. The van der Waals surface area contributed by atoms with E-state index in [1.165, 1.54) is 167 Å². The fourth-order valence-electron chi connectivity index (χ4n) is 5.87. The van der Waals surface area contributed by atoms with Gasteiger partial charge in [0, 0.05) is 0 Å². The summed E-state index contributed by atoms with van der Waals surface area (Å²) in [5.74, 6) is -5.54. The van der Waals surface area contributed by atoms with Crippen LogP contribution in [0.25, 0.3) is 0 Å². The van der Waals surface area contributed by atoms with Crippen molar-refractivity contribution in [2.75, 3.05) is 13.1 Å². The number of hydrogen-bond acceptors (Lipinski definition) is 8. The maximum Gasteiger partial charge on any atom is 0.328 e. The number of hydrogen-bond donors (Lipinski definition) is 4. The van der Waals surface area contributed by atoms with Gasteiger partial charge in [-0.2, -0.15) is 8.78 Å². The maximum absolute atomic E-state index is 12.5. The highest BCUT2D eigenvalue weighted by molar-refractivity contribution is 5.64. The van der Waals surface area contributed by atoms with Crippen LogP contribution in [0.5, 0.6) is 0 Å². The minimum absolute atomic E-state index is 0.492. The van der Waals surface area contributed by atoms with Crippen LogP contribution in [0, 0.1) is 11.6 Å². The number of quaternary nitrogens is 2. The van der Waals surface area contributed by atoms with Crippen molar-refractivity contribution in [1.29, 1.82) is 0 Å². The number of carbonyl (C=O) groups is 2. The van der Waals surface area contributed by atoms with Crippen LogP contribution in [-0.4, -0.2) is 44.1 Å². The summed E-state index contributed by atoms with van der Waals surface area (Å²) >= 11 is 0. The van der Waals surface area contributed by atoms with E-state index in [2.05, 4.69) is 25.3 Å². The van der Waals surface area contributed by atoms with Crippen molar-refractivity contribution in [2.24, 2.45) is 0 Å². The van der Waals surface area contributed by atoms with Crippen molar-refractivity contribution in [2.45, 2.75) is 194 Å². The summed E-state index contributed by atoms with van der Waals surface area (Å²) < 4.78 is 26.0. The van der Waals surface area contributed by atoms with E-state index >= 15 is 0 Å². The van der Waals surface area contributed by atoms with Crippen LogP contribution < -0.4 is 44.2 Å². The Morgan fingerprint density at radius 1 is 0.483 bits per heavy atom. The number of carboxylic acids is 2. The second kappa shape index (κ2) is 39.9. The minimum Gasteiger partial charge on any atom is -0.548 e. The smallest absolute Gasteiger partial charge is 0.328 e. The highest BCUT2D eigenvalue weighted by atomic mass is 19.1. The SMILES string of the molecule is CCCCCCCCCCCCCCC[NH3+].CCCCCCCCCCCCCCC[NH3+].O=C([O-])Cn1cc(F)c(=O)[nH]c1=O.O=C([O-])Cn1cc(F)c(=O)[nH]c1=O. The van der Waals surface area contributed by atoms with Gasteiger partial charge in [-0.05, 0) is 25.7 Å². The zero-order chi connectivity index (χ0) is 43.8. The van der Waals surface area contributed by atoms with Gasteiger partial charge >= 0.3 is 11.4 Å². The van der Waals surface area contributed by atoms with E-state index in [0.717, 1.165) is 13.1 Å². The first kappa shape index (κ1) is 56.2. The normalized spacial score (nSPS) is 10.4. The Morgan fingerprint density at radius 3 is 0.914 bits per heavy atom. The Morgan fingerprint density at radius 2 is 0.707 bits per heavy atom. The highest BCUT2D eigenvalue weighted by Crippen LogP contribution is 2.13. The number of rotatable bonds is 30. The molecule has 8 N–H and O–H groups in total. The number of halogens is 2. The molecule has 0 aliphatic rings. The molecule has 0 bridgehead atoms. The van der Waals surface area contributed by atoms with E-state index in [4.69, 9.17) is 0 Å². The van der Waals surface area contributed by atoms with Crippen LogP contribution in [0.2, 0.25) is 0 Å². The summed E-state index contributed by atoms with van der Waals surface area (Å²) in [6, 6.07) is 0. The largest absolute Gasteiger partial charge is 0.548 e. The average molecular weight is 831 g/mol. The number of aromatic nitrogens is 4. The lowest BCUT2D eigenvalue weighted by atomic mass is 10.0. The number of nitrogens with zero attached hydrogens (tertiary/aromatic N) is 2. The molecule has 336 valence electrons. The number of aromatic amines is 2. The Kier molecular flexibility index (Phi) is 38.6. The number of carboxylic acid groups (broad SMARTS) is 2. The molecule has 0 aromatic carbocycles. The zero-order valence-electron chi connectivity index (χ0n) is 35.7. The molecule has 58 heavy (non-hydrogen) atoms. The van der Waals surface area contributed by atoms with Crippen molar-refractivity contribution < 1.29 is 40.1 Å². The van der Waals surface area contributed by atoms with Crippen LogP contribution in [0.1, 0.15) is 181 Å². The standard InChI is InChI=1S/2C15H33N.2C6H5FN2O4/c2*1-2-3-4-5-6-7-8-9-10-11-12-13-14-15-16;2*7-3-1-9(2-4(10)11)6(13)8-5(3)12/h2*2-16H2,1H3;2*1H,2H2,(H,10,11)(H,8,12,13). The van der Waals surface area contributed by atoms with Gasteiger partial charge in [-0.25, -0.2) is 9.59 Å². The molecule has 0 radical (unpaired) electrons. The molecule has 2 aromatic rings. The molecular formula is C42H76F2N6O8. The third-order valence-electron chi connectivity index (χ3n) is 9.24. The second-order valence-corrected chi connectivity index (χ2v) is 14.7. The van der Waals surface area contributed by atoms with Gasteiger partial charge in [-0.1, -0.05) is 155 Å². The van der Waals surface area contributed by atoms with Gasteiger partial charge in [0.15, 0.2) is 0 Å². The summed E-state index contributed by atoms with van der Waals surface area (Å²) in [6.07, 6.45) is 38.5. The first-order valence-electron chi connectivity index (χ1n) is 21.8. The topological polar surface area (TPSA) is 245 Å². The van der Waals surface area contributed by atoms with Gasteiger partial charge in [-0.15, -0.1) is 0 Å². The van der Waals surface area contributed by atoms with E-state index in [1.807, 2.05) is 0 Å². The number of carbonyl (C=O) groups excluding carboxylic acids is 2. The van der Waals surface area contributed by atoms with Crippen molar-refractivity contribution >= 4 is 11.9 Å². The predicted octanol–water partition coefficient (Wildman–Crippen LogP) is 3.49. The summed E-state index contributed by atoms with van der Waals surface area (Å²) in [7, 11) is 0. The van der Waals surface area contributed by atoms with Crippen molar-refractivity contribution in [3.05, 3.63) is 65.7 Å². The number of unbranched alkanes of at least 4 members (excludes halogenated alkanes) is 24. The van der Waals surface area contributed by atoms with Gasteiger partial charge in [0.25, 0.3) is 11.1 Å². The molecule has 2 rings (SSSR count). The molecule has 0 saturated carbocycles. The summed E-state index contributed by atoms with van der Waals surface area (Å²) in [5, 5.41) is 20.1. The molecule has 0 spiro atoms. The summed E-state index contributed by atoms with van der Waals surface area (Å²) in [4.78, 5) is 65.8. The van der Waals surface area contributed by atoms with E-state index in [1.54, 1.807) is 9.97 Å². The van der Waals surface area contributed by atoms with Crippen LogP contribution in [0.15, 0.2) is 31.6 Å². The molecule has 16 heteroatoms. The van der Waals surface area contributed by atoms with E-state index in [0.29, 0.717) is 21.5 Å². The third-order valence-corrected chi connectivity index (χ3v) is 9.24. The maximum atomic E-state index is 12.5. The molecule has 2 aromatic heterocycles. The molecule has 14 nitrogen and oxygen atoms in total. The molecule has 0 fully saturated rings. The van der Waals surface area contributed by atoms with Gasteiger partial charge in [0.05, 0.1) is 50.5 Å². The van der Waals surface area contributed by atoms with Crippen LogP contribution >= 0.6 is 0 Å². The summed E-state index contributed by atoms with van der Waals surface area (Å²) in [6.45, 7) is 5.22. The van der Waals surface area contributed by atoms with Gasteiger partial charge in [0.1, 0.15) is 0 Å². The van der Waals surface area contributed by atoms with Gasteiger partial charge < -0.3 is 31.3 Å². The Balaban J connectivity index is 0. The molecule has 0 amide bonds. The Bertz CT molecular complexity index is 1400. The van der Waals surface area contributed by atoms with Crippen LogP contribution in [0.3, 0.4) is 0 Å². The Labute approximate surface area is 343 Å². The zero-order valence-corrected chi connectivity index (χ0v) is 35.7. The fourth-order valence-corrected chi connectivity index (χ4v) is 5.87. The van der Waals surface area contributed by atoms with Gasteiger partial charge in [0.2, 0.25) is 11.6 Å². The molecule has 0 unspecified atom stereocenters. The lowest BCUT2D eigenvalue weighted by Crippen LogP contribution is -2.50. The van der Waals surface area contributed by atoms with Crippen molar-refractivity contribution in [3.63, 3.8) is 0 Å². The van der Waals surface area contributed by atoms with Gasteiger partial charge in [-0.3, -0.25) is 28.7 Å². The lowest BCUT2D eigenvalue weighted by Gasteiger charge is -2.04. The minimum atomic E-state index is -1.55. The summed E-state index contributed by atoms with van der Waals surface area (Å²) in [5.41, 5.74) is 3.41. The average Bonchev–Trinajstić information content (AvgIpc) is 3.17. The van der Waals surface area contributed by atoms with Crippen LogP contribution in [0.4, 0.5) is 8.78 Å². The van der Waals surface area contributed by atoms with Crippen LogP contribution in [-0.2, 0) is 22.7 Å². The quantitative estimate of drug-likeness (QED) is 0.0847. The molecule has 0 aliphatic carbocycles. The first-order chi connectivity index (χ1) is 27.8. The van der Waals surface area contributed by atoms with E-state index < -0.39 is 59.2 Å². The molecule has 2 heterocycles. The monoisotopic (exact) mass is 831 g/mol. The number of nitrogens with one attached hydrogen (secondary N) is 2. The number of H-pyrrole nitrogens is 2. The van der Waals surface area contributed by atoms with Crippen molar-refractivity contribution in [1.82, 2.24) is 19.1 Å². The fraction of sp³-hybridized carbons (Fsp3) is 0.762. The lowest BCUT2D eigenvalue weighted by molar-refractivity contribution is -0.368. The van der Waals surface area contributed by atoms with E-state index in [9.17, 15) is 47.8 Å². The highest BCUT2D eigenvalue weighted by Gasteiger charge is 2.04. The number of aliphatic carboxylic acids is 2. The molecule has 0 atom stereocenters. The third kappa shape index (κ3) is 35.3. The second-order valence-electron chi connectivity index (χ2n) is 14.7. The Hall–Kier alpha value is -3.92.